The molecule has 6 nitrogen and oxygen atoms in total. The molecule has 0 saturated carbocycles. The highest BCUT2D eigenvalue weighted by Crippen LogP contribution is 2.13. The molecule has 1 aromatic carbocycles. The first kappa shape index (κ1) is 13.8. The van der Waals surface area contributed by atoms with Gasteiger partial charge in [0.15, 0.2) is 0 Å². The number of amides is 1. The molecule has 0 bridgehead atoms. The van der Waals surface area contributed by atoms with Crippen molar-refractivity contribution < 1.29 is 9.53 Å². The number of para-hydroxylation sites is 1. The number of nitrogens with zero attached hydrogens (tertiary/aromatic N) is 2. The topological polar surface area (TPSA) is 79.9 Å². The second kappa shape index (κ2) is 6.53. The molecule has 0 aliphatic rings. The summed E-state index contributed by atoms with van der Waals surface area (Å²) in [7, 11) is 0. The van der Waals surface area contributed by atoms with Crippen molar-refractivity contribution in [3.8, 4) is 0 Å². The predicted molar refractivity (Wildman–Crippen MR) is 84.3 cm³/mol. The molecule has 0 aliphatic heterocycles. The lowest BCUT2D eigenvalue weighted by Crippen LogP contribution is -2.14. The molecule has 0 radical (unpaired) electrons. The first-order chi connectivity index (χ1) is 10.8. The van der Waals surface area contributed by atoms with Gasteiger partial charge in [-0.25, -0.2) is 9.78 Å². The number of hydrogen-bond donors (Lipinski definition) is 2. The van der Waals surface area contributed by atoms with Gasteiger partial charge in [0, 0.05) is 24.0 Å². The molecule has 3 rings (SSSR count). The SMILES string of the molecule is O=C(Nc1ncc[nH]1)OCC=Cc1cnc2ccccc2c1. The Balaban J connectivity index is 1.53. The Labute approximate surface area is 126 Å². The molecule has 0 aliphatic carbocycles. The highest BCUT2D eigenvalue weighted by molar-refractivity contribution is 5.82. The fourth-order valence-corrected chi connectivity index (χ4v) is 1.95. The minimum Gasteiger partial charge on any atom is -0.445 e. The van der Waals surface area contributed by atoms with Crippen molar-refractivity contribution in [2.24, 2.45) is 0 Å². The summed E-state index contributed by atoms with van der Waals surface area (Å²) in [6, 6.07) is 9.93. The maximum Gasteiger partial charge on any atom is 0.414 e. The molecule has 2 heterocycles. The molecule has 110 valence electrons. The van der Waals surface area contributed by atoms with Gasteiger partial charge in [0.2, 0.25) is 5.95 Å². The van der Waals surface area contributed by atoms with E-state index in [1.54, 1.807) is 24.7 Å². The number of ether oxygens (including phenoxy) is 1. The molecule has 1 amide bonds. The van der Waals surface area contributed by atoms with Gasteiger partial charge in [-0.15, -0.1) is 0 Å². The van der Waals surface area contributed by atoms with Crippen LogP contribution in [0.25, 0.3) is 17.0 Å². The lowest BCUT2D eigenvalue weighted by atomic mass is 10.1. The van der Waals surface area contributed by atoms with Crippen LogP contribution in [0.3, 0.4) is 0 Å². The number of imidazole rings is 1. The highest BCUT2D eigenvalue weighted by atomic mass is 16.5. The number of fused-ring (bicyclic) bond motifs is 1. The van der Waals surface area contributed by atoms with Crippen molar-refractivity contribution >= 4 is 29.0 Å². The van der Waals surface area contributed by atoms with Gasteiger partial charge in [0.05, 0.1) is 5.52 Å². The molecule has 0 saturated heterocycles. The van der Waals surface area contributed by atoms with Crippen LogP contribution < -0.4 is 5.32 Å². The Morgan fingerprint density at radius 1 is 1.32 bits per heavy atom. The van der Waals surface area contributed by atoms with E-state index in [1.165, 1.54) is 0 Å². The fraction of sp³-hybridized carbons (Fsp3) is 0.0625. The van der Waals surface area contributed by atoms with E-state index >= 15 is 0 Å². The highest BCUT2D eigenvalue weighted by Gasteiger charge is 2.02. The first-order valence-electron chi connectivity index (χ1n) is 6.76. The summed E-state index contributed by atoms with van der Waals surface area (Å²) in [5.74, 6) is 0.354. The van der Waals surface area contributed by atoms with Gasteiger partial charge in [-0.05, 0) is 23.8 Å². The van der Waals surface area contributed by atoms with E-state index in [0.717, 1.165) is 16.5 Å². The van der Waals surface area contributed by atoms with Crippen molar-refractivity contribution in [2.45, 2.75) is 0 Å². The number of anilines is 1. The molecule has 0 spiro atoms. The molecule has 6 heteroatoms. The van der Waals surface area contributed by atoms with Crippen LogP contribution in [0.4, 0.5) is 10.7 Å². The monoisotopic (exact) mass is 294 g/mol. The number of carbonyl (C=O) groups excluding carboxylic acids is 1. The van der Waals surface area contributed by atoms with Crippen molar-refractivity contribution in [2.75, 3.05) is 11.9 Å². The minimum atomic E-state index is -0.559. The van der Waals surface area contributed by atoms with Crippen LogP contribution in [0.2, 0.25) is 0 Å². The normalized spacial score (nSPS) is 10.9. The molecule has 3 aromatic rings. The Morgan fingerprint density at radius 2 is 2.23 bits per heavy atom. The Morgan fingerprint density at radius 3 is 3.09 bits per heavy atom. The van der Waals surface area contributed by atoms with E-state index in [0.29, 0.717) is 5.95 Å². The lowest BCUT2D eigenvalue weighted by Gasteiger charge is -2.02. The van der Waals surface area contributed by atoms with Crippen LogP contribution in [0.1, 0.15) is 5.56 Å². The summed E-state index contributed by atoms with van der Waals surface area (Å²) in [6.45, 7) is 0.166. The van der Waals surface area contributed by atoms with Crippen LogP contribution in [0, 0.1) is 0 Å². The minimum absolute atomic E-state index is 0.166. The number of rotatable bonds is 4. The zero-order valence-electron chi connectivity index (χ0n) is 11.7. The third kappa shape index (κ3) is 3.49. The molecule has 2 aromatic heterocycles. The van der Waals surface area contributed by atoms with Crippen LogP contribution in [0.15, 0.2) is 55.0 Å². The van der Waals surface area contributed by atoms with Gasteiger partial charge < -0.3 is 9.72 Å². The summed E-state index contributed by atoms with van der Waals surface area (Å²) in [6.07, 6.45) is 8.00. The summed E-state index contributed by atoms with van der Waals surface area (Å²) in [4.78, 5) is 22.4. The number of aromatic amines is 1. The lowest BCUT2D eigenvalue weighted by molar-refractivity contribution is 0.174. The van der Waals surface area contributed by atoms with Gasteiger partial charge in [0.1, 0.15) is 6.61 Å². The zero-order valence-corrected chi connectivity index (χ0v) is 11.7. The van der Waals surface area contributed by atoms with Gasteiger partial charge in [-0.1, -0.05) is 24.3 Å². The summed E-state index contributed by atoms with van der Waals surface area (Å²) in [5.41, 5.74) is 1.91. The van der Waals surface area contributed by atoms with E-state index in [1.807, 2.05) is 36.4 Å². The van der Waals surface area contributed by atoms with Gasteiger partial charge in [-0.3, -0.25) is 10.3 Å². The average molecular weight is 294 g/mol. The number of carbonyl (C=O) groups is 1. The standard InChI is InChI=1S/C16H14N4O2/c21-16(20-15-17-7-8-18-15)22-9-3-4-12-10-13-5-1-2-6-14(13)19-11-12/h1-8,10-11H,9H2,(H2,17,18,20,21). The molecule has 2 N–H and O–H groups in total. The van der Waals surface area contributed by atoms with Crippen LogP contribution in [-0.4, -0.2) is 27.7 Å². The van der Waals surface area contributed by atoms with Gasteiger partial charge in [-0.2, -0.15) is 0 Å². The summed E-state index contributed by atoms with van der Waals surface area (Å²) in [5, 5.41) is 3.54. The number of nitrogens with one attached hydrogen (secondary N) is 2. The third-order valence-corrected chi connectivity index (χ3v) is 2.95. The van der Waals surface area contributed by atoms with Crippen molar-refractivity contribution in [3.05, 3.63) is 60.6 Å². The van der Waals surface area contributed by atoms with E-state index in [4.69, 9.17) is 4.74 Å². The fourth-order valence-electron chi connectivity index (χ4n) is 1.95. The second-order valence-corrected chi connectivity index (χ2v) is 4.52. The number of hydrogen-bond acceptors (Lipinski definition) is 4. The van der Waals surface area contributed by atoms with Gasteiger partial charge >= 0.3 is 6.09 Å². The van der Waals surface area contributed by atoms with E-state index < -0.39 is 6.09 Å². The number of aromatic nitrogens is 3. The van der Waals surface area contributed by atoms with Crippen molar-refractivity contribution in [3.63, 3.8) is 0 Å². The molecule has 22 heavy (non-hydrogen) atoms. The number of H-pyrrole nitrogens is 1. The van der Waals surface area contributed by atoms with Crippen molar-refractivity contribution in [1.82, 2.24) is 15.0 Å². The molecular weight excluding hydrogens is 280 g/mol. The molecule has 0 atom stereocenters. The van der Waals surface area contributed by atoms with E-state index in [-0.39, 0.29) is 6.61 Å². The van der Waals surface area contributed by atoms with Crippen LogP contribution in [-0.2, 0) is 4.74 Å². The largest absolute Gasteiger partial charge is 0.445 e. The third-order valence-electron chi connectivity index (χ3n) is 2.95. The quantitative estimate of drug-likeness (QED) is 0.774. The maximum atomic E-state index is 11.5. The van der Waals surface area contributed by atoms with Crippen molar-refractivity contribution in [1.29, 1.82) is 0 Å². The van der Waals surface area contributed by atoms with E-state index in [2.05, 4.69) is 20.3 Å². The number of benzene rings is 1. The first-order valence-corrected chi connectivity index (χ1v) is 6.76. The zero-order chi connectivity index (χ0) is 15.2. The van der Waals surface area contributed by atoms with Gasteiger partial charge in [0.25, 0.3) is 0 Å². The Hall–Kier alpha value is -3.15. The molecule has 0 unspecified atom stereocenters. The van der Waals surface area contributed by atoms with Crippen LogP contribution >= 0.6 is 0 Å². The Bertz CT molecular complexity index is 797. The second-order valence-electron chi connectivity index (χ2n) is 4.52. The smallest absolute Gasteiger partial charge is 0.414 e. The summed E-state index contributed by atoms with van der Waals surface area (Å²) >= 11 is 0. The van der Waals surface area contributed by atoms with E-state index in [9.17, 15) is 4.79 Å². The number of pyridine rings is 1. The van der Waals surface area contributed by atoms with Crippen LogP contribution in [0.5, 0.6) is 0 Å². The predicted octanol–water partition coefficient (Wildman–Crippen LogP) is 3.22. The molecular formula is C16H14N4O2. The summed E-state index contributed by atoms with van der Waals surface area (Å²) < 4.78 is 5.01. The average Bonchev–Trinajstić information content (AvgIpc) is 3.04. The Kier molecular flexibility index (Phi) is 4.10. The molecule has 0 fully saturated rings. The maximum absolute atomic E-state index is 11.5.